The molecule has 140 valence electrons. The maximum atomic E-state index is 11.7. The Morgan fingerprint density at radius 2 is 1.96 bits per heavy atom. The number of alkyl carbamates (subject to hydrolysis) is 1. The Balaban J connectivity index is 2.18. The number of hydrogen-bond acceptors (Lipinski definition) is 6. The molecule has 0 aromatic heterocycles. The van der Waals surface area contributed by atoms with Crippen molar-refractivity contribution in [3.8, 4) is 0 Å². The fraction of sp³-hybridized carbons (Fsp3) is 0.529. The first-order valence-electron chi connectivity index (χ1n) is 7.98. The van der Waals surface area contributed by atoms with Gasteiger partial charge in [0.2, 0.25) is 0 Å². The topological polar surface area (TPSA) is 94.1 Å². The van der Waals surface area contributed by atoms with Gasteiger partial charge in [-0.05, 0) is 12.0 Å². The lowest BCUT2D eigenvalue weighted by molar-refractivity contribution is -0.138. The van der Waals surface area contributed by atoms with Crippen molar-refractivity contribution < 1.29 is 28.9 Å². The molecule has 0 saturated carbocycles. The molecule has 0 fully saturated rings. The SMILES string of the molecule is COCCCOCCSCC(NC(=O)OCc1ccccc1)C(=O)O. The summed E-state index contributed by atoms with van der Waals surface area (Å²) in [7, 11) is 1.64. The van der Waals surface area contributed by atoms with Gasteiger partial charge in [-0.15, -0.1) is 0 Å². The van der Waals surface area contributed by atoms with Crippen LogP contribution in [0.15, 0.2) is 30.3 Å². The number of rotatable bonds is 13. The number of nitrogens with one attached hydrogen (secondary N) is 1. The van der Waals surface area contributed by atoms with Gasteiger partial charge in [-0.25, -0.2) is 9.59 Å². The number of thioether (sulfide) groups is 1. The van der Waals surface area contributed by atoms with E-state index in [1.807, 2.05) is 30.3 Å². The van der Waals surface area contributed by atoms with Gasteiger partial charge >= 0.3 is 12.1 Å². The van der Waals surface area contributed by atoms with Crippen LogP contribution in [0.1, 0.15) is 12.0 Å². The molecule has 1 rings (SSSR count). The molecule has 25 heavy (non-hydrogen) atoms. The van der Waals surface area contributed by atoms with E-state index in [0.29, 0.717) is 25.6 Å². The molecule has 1 aromatic carbocycles. The van der Waals surface area contributed by atoms with Gasteiger partial charge in [0.05, 0.1) is 6.61 Å². The number of ether oxygens (including phenoxy) is 3. The lowest BCUT2D eigenvalue weighted by Crippen LogP contribution is -2.42. The average molecular weight is 371 g/mol. The molecular weight excluding hydrogens is 346 g/mol. The van der Waals surface area contributed by atoms with Crippen molar-refractivity contribution in [1.82, 2.24) is 5.32 Å². The number of carbonyl (C=O) groups is 2. The van der Waals surface area contributed by atoms with E-state index in [0.717, 1.165) is 12.0 Å². The molecule has 0 heterocycles. The minimum Gasteiger partial charge on any atom is -0.480 e. The Morgan fingerprint density at radius 3 is 2.64 bits per heavy atom. The smallest absolute Gasteiger partial charge is 0.408 e. The van der Waals surface area contributed by atoms with E-state index in [9.17, 15) is 14.7 Å². The van der Waals surface area contributed by atoms with Crippen LogP contribution < -0.4 is 5.32 Å². The third kappa shape index (κ3) is 10.6. The summed E-state index contributed by atoms with van der Waals surface area (Å²) in [6.07, 6.45) is 0.0842. The predicted molar refractivity (Wildman–Crippen MR) is 95.8 cm³/mol. The quantitative estimate of drug-likeness (QED) is 0.513. The van der Waals surface area contributed by atoms with Crippen LogP contribution in [0.25, 0.3) is 0 Å². The molecule has 1 aromatic rings. The van der Waals surface area contributed by atoms with E-state index in [1.54, 1.807) is 7.11 Å². The minimum absolute atomic E-state index is 0.0987. The second-order valence-electron chi connectivity index (χ2n) is 5.13. The third-order valence-corrected chi connectivity index (χ3v) is 4.12. The monoisotopic (exact) mass is 371 g/mol. The van der Waals surface area contributed by atoms with Crippen molar-refractivity contribution in [2.45, 2.75) is 19.1 Å². The Kier molecular flexibility index (Phi) is 11.5. The van der Waals surface area contributed by atoms with Gasteiger partial charge in [0.15, 0.2) is 0 Å². The molecule has 2 N–H and O–H groups in total. The van der Waals surface area contributed by atoms with Crippen LogP contribution in [0.5, 0.6) is 0 Å². The highest BCUT2D eigenvalue weighted by Gasteiger charge is 2.20. The molecule has 0 aliphatic carbocycles. The maximum absolute atomic E-state index is 11.7. The van der Waals surface area contributed by atoms with Crippen molar-refractivity contribution in [3.63, 3.8) is 0 Å². The van der Waals surface area contributed by atoms with Gasteiger partial charge in [0.1, 0.15) is 12.6 Å². The van der Waals surface area contributed by atoms with Gasteiger partial charge in [0.25, 0.3) is 0 Å². The predicted octanol–water partition coefficient (Wildman–Crippen LogP) is 2.15. The minimum atomic E-state index is -1.09. The second kappa shape index (κ2) is 13.5. The van der Waals surface area contributed by atoms with Gasteiger partial charge in [-0.1, -0.05) is 30.3 Å². The number of benzene rings is 1. The molecule has 0 aliphatic rings. The summed E-state index contributed by atoms with van der Waals surface area (Å²) in [4.78, 5) is 22.9. The highest BCUT2D eigenvalue weighted by Crippen LogP contribution is 2.05. The van der Waals surface area contributed by atoms with E-state index in [1.165, 1.54) is 11.8 Å². The first-order valence-corrected chi connectivity index (χ1v) is 9.13. The fourth-order valence-corrected chi connectivity index (χ4v) is 2.67. The van der Waals surface area contributed by atoms with Crippen LogP contribution in [0.3, 0.4) is 0 Å². The highest BCUT2D eigenvalue weighted by molar-refractivity contribution is 7.99. The van der Waals surface area contributed by atoms with Gasteiger partial charge in [-0.2, -0.15) is 11.8 Å². The summed E-state index contributed by atoms with van der Waals surface area (Å²) >= 11 is 1.40. The first kappa shape index (κ1) is 21.3. The fourth-order valence-electron chi connectivity index (χ4n) is 1.81. The Hall–Kier alpha value is -1.77. The van der Waals surface area contributed by atoms with Crippen LogP contribution in [-0.4, -0.2) is 61.6 Å². The number of amides is 1. The molecule has 1 unspecified atom stereocenters. The highest BCUT2D eigenvalue weighted by atomic mass is 32.2. The van der Waals surface area contributed by atoms with Gasteiger partial charge in [0, 0.05) is 31.8 Å². The van der Waals surface area contributed by atoms with Crippen molar-refractivity contribution in [2.75, 3.05) is 38.4 Å². The summed E-state index contributed by atoms with van der Waals surface area (Å²) in [6, 6.07) is 8.19. The van der Waals surface area contributed by atoms with E-state index >= 15 is 0 Å². The molecule has 0 bridgehead atoms. The number of aliphatic carboxylic acids is 1. The summed E-state index contributed by atoms with van der Waals surface area (Å²) < 4.78 is 15.3. The van der Waals surface area contributed by atoms with E-state index in [2.05, 4.69) is 5.32 Å². The van der Waals surface area contributed by atoms with Crippen LogP contribution in [-0.2, 0) is 25.6 Å². The third-order valence-electron chi connectivity index (χ3n) is 3.10. The Morgan fingerprint density at radius 1 is 1.20 bits per heavy atom. The van der Waals surface area contributed by atoms with Gasteiger partial charge < -0.3 is 24.6 Å². The molecule has 0 aliphatic heterocycles. The zero-order valence-electron chi connectivity index (χ0n) is 14.3. The second-order valence-corrected chi connectivity index (χ2v) is 6.28. The summed E-state index contributed by atoms with van der Waals surface area (Å²) in [5.41, 5.74) is 0.838. The van der Waals surface area contributed by atoms with Crippen molar-refractivity contribution >= 4 is 23.8 Å². The van der Waals surface area contributed by atoms with Crippen LogP contribution >= 0.6 is 11.8 Å². The zero-order valence-corrected chi connectivity index (χ0v) is 15.1. The summed E-state index contributed by atoms with van der Waals surface area (Å²) in [5, 5.41) is 11.5. The van der Waals surface area contributed by atoms with Crippen molar-refractivity contribution in [3.05, 3.63) is 35.9 Å². The zero-order chi connectivity index (χ0) is 18.3. The van der Waals surface area contributed by atoms with Crippen LogP contribution in [0.2, 0.25) is 0 Å². The largest absolute Gasteiger partial charge is 0.480 e. The molecule has 7 nitrogen and oxygen atoms in total. The summed E-state index contributed by atoms with van der Waals surface area (Å²) in [6.45, 7) is 1.89. The number of carbonyl (C=O) groups excluding carboxylic acids is 1. The van der Waals surface area contributed by atoms with E-state index < -0.39 is 18.1 Å². The standard InChI is InChI=1S/C17H25NO6S/c1-22-8-5-9-23-10-11-25-13-15(16(19)20)18-17(21)24-12-14-6-3-2-4-7-14/h2-4,6-7,15H,5,8-13H2,1H3,(H,18,21)(H,19,20). The lowest BCUT2D eigenvalue weighted by atomic mass is 10.2. The lowest BCUT2D eigenvalue weighted by Gasteiger charge is -2.14. The molecule has 0 saturated heterocycles. The number of carboxylic acids is 1. The Labute approximate surface area is 152 Å². The molecule has 0 radical (unpaired) electrons. The Bertz CT molecular complexity index is 499. The van der Waals surface area contributed by atoms with Gasteiger partial charge in [-0.3, -0.25) is 0 Å². The normalized spacial score (nSPS) is 11.7. The van der Waals surface area contributed by atoms with Crippen molar-refractivity contribution in [1.29, 1.82) is 0 Å². The molecule has 1 atom stereocenters. The number of hydrogen-bond donors (Lipinski definition) is 2. The molecule has 0 spiro atoms. The van der Waals surface area contributed by atoms with E-state index in [4.69, 9.17) is 14.2 Å². The number of carboxylic acid groups (broad SMARTS) is 1. The van der Waals surface area contributed by atoms with E-state index in [-0.39, 0.29) is 12.4 Å². The molecular formula is C17H25NO6S. The van der Waals surface area contributed by atoms with Crippen LogP contribution in [0, 0.1) is 0 Å². The molecule has 1 amide bonds. The first-order chi connectivity index (χ1) is 12.1. The molecule has 8 heteroatoms. The number of methoxy groups -OCH3 is 1. The van der Waals surface area contributed by atoms with Crippen molar-refractivity contribution in [2.24, 2.45) is 0 Å². The maximum Gasteiger partial charge on any atom is 0.408 e. The average Bonchev–Trinajstić information content (AvgIpc) is 2.62. The van der Waals surface area contributed by atoms with Crippen LogP contribution in [0.4, 0.5) is 4.79 Å². The summed E-state index contributed by atoms with van der Waals surface area (Å²) in [5.74, 6) is -0.195.